The van der Waals surface area contributed by atoms with Gasteiger partial charge < -0.3 is 15.5 Å². The lowest BCUT2D eigenvalue weighted by Gasteiger charge is -2.32. The van der Waals surface area contributed by atoms with Crippen molar-refractivity contribution in [3.05, 3.63) is 24.3 Å². The molecule has 1 atom stereocenters. The standard InChI is InChI=1S/C16H23N3O/c17-15-5-4-12-19(16(15)20)14-8-6-13(7-9-14)18-10-2-1-3-11-18/h6-9,15H,1-5,10-12,17H2. The van der Waals surface area contributed by atoms with Crippen LogP contribution in [-0.4, -0.2) is 31.6 Å². The molecule has 2 fully saturated rings. The van der Waals surface area contributed by atoms with Gasteiger partial charge in [-0.3, -0.25) is 4.79 Å². The number of carbonyl (C=O) groups excluding carboxylic acids is 1. The summed E-state index contributed by atoms with van der Waals surface area (Å²) in [4.78, 5) is 16.4. The van der Waals surface area contributed by atoms with Crippen molar-refractivity contribution in [1.82, 2.24) is 0 Å². The number of nitrogens with two attached hydrogens (primary N) is 1. The maximum Gasteiger partial charge on any atom is 0.243 e. The van der Waals surface area contributed by atoms with Gasteiger partial charge in [-0.25, -0.2) is 0 Å². The Morgan fingerprint density at radius 3 is 2.25 bits per heavy atom. The third kappa shape index (κ3) is 2.66. The predicted octanol–water partition coefficient (Wildman–Crippen LogP) is 2.13. The monoisotopic (exact) mass is 273 g/mol. The number of rotatable bonds is 2. The highest BCUT2D eigenvalue weighted by Crippen LogP contribution is 2.25. The van der Waals surface area contributed by atoms with E-state index in [4.69, 9.17) is 5.73 Å². The summed E-state index contributed by atoms with van der Waals surface area (Å²) in [6.07, 6.45) is 5.69. The fourth-order valence-electron chi connectivity index (χ4n) is 3.15. The van der Waals surface area contributed by atoms with Gasteiger partial charge in [-0.15, -0.1) is 0 Å². The van der Waals surface area contributed by atoms with E-state index in [9.17, 15) is 4.79 Å². The summed E-state index contributed by atoms with van der Waals surface area (Å²) in [6.45, 7) is 3.08. The largest absolute Gasteiger partial charge is 0.372 e. The highest BCUT2D eigenvalue weighted by Gasteiger charge is 2.26. The fraction of sp³-hybridized carbons (Fsp3) is 0.562. The summed E-state index contributed by atoms with van der Waals surface area (Å²) < 4.78 is 0. The van der Waals surface area contributed by atoms with Crippen molar-refractivity contribution >= 4 is 17.3 Å². The molecule has 1 aromatic rings. The van der Waals surface area contributed by atoms with Crippen LogP contribution in [0.4, 0.5) is 11.4 Å². The molecule has 2 saturated heterocycles. The normalized spacial score (nSPS) is 24.1. The Kier molecular flexibility index (Phi) is 3.92. The van der Waals surface area contributed by atoms with E-state index in [1.165, 1.54) is 24.9 Å². The Hall–Kier alpha value is -1.55. The maximum atomic E-state index is 12.1. The first-order chi connectivity index (χ1) is 9.75. The zero-order valence-electron chi connectivity index (χ0n) is 11.9. The van der Waals surface area contributed by atoms with Crippen LogP contribution in [0.25, 0.3) is 0 Å². The summed E-state index contributed by atoms with van der Waals surface area (Å²) in [5, 5.41) is 0. The van der Waals surface area contributed by atoms with Crippen molar-refractivity contribution in [1.29, 1.82) is 0 Å². The molecule has 3 rings (SSSR count). The molecule has 2 N–H and O–H groups in total. The zero-order valence-corrected chi connectivity index (χ0v) is 11.9. The molecule has 0 saturated carbocycles. The predicted molar refractivity (Wildman–Crippen MR) is 82.1 cm³/mol. The summed E-state index contributed by atoms with van der Waals surface area (Å²) in [6, 6.07) is 8.05. The quantitative estimate of drug-likeness (QED) is 0.898. The summed E-state index contributed by atoms with van der Waals surface area (Å²) in [5.41, 5.74) is 8.10. The number of hydrogen-bond donors (Lipinski definition) is 1. The molecule has 0 aliphatic carbocycles. The minimum absolute atomic E-state index is 0.0574. The first-order valence-electron chi connectivity index (χ1n) is 7.68. The van der Waals surface area contributed by atoms with E-state index in [1.807, 2.05) is 4.90 Å². The van der Waals surface area contributed by atoms with Gasteiger partial charge in [0.2, 0.25) is 5.91 Å². The number of benzene rings is 1. The van der Waals surface area contributed by atoms with Gasteiger partial charge in [-0.05, 0) is 56.4 Å². The molecule has 20 heavy (non-hydrogen) atoms. The van der Waals surface area contributed by atoms with Gasteiger partial charge in [-0.1, -0.05) is 0 Å². The van der Waals surface area contributed by atoms with Crippen molar-refractivity contribution in [3.63, 3.8) is 0 Å². The topological polar surface area (TPSA) is 49.6 Å². The Balaban J connectivity index is 1.73. The SMILES string of the molecule is NC1CCCN(c2ccc(N3CCCCC3)cc2)C1=O. The van der Waals surface area contributed by atoms with Gasteiger partial charge >= 0.3 is 0 Å². The Morgan fingerprint density at radius 2 is 1.55 bits per heavy atom. The van der Waals surface area contributed by atoms with Gasteiger partial charge in [0.25, 0.3) is 0 Å². The minimum Gasteiger partial charge on any atom is -0.372 e. The molecule has 4 heteroatoms. The highest BCUT2D eigenvalue weighted by atomic mass is 16.2. The van der Waals surface area contributed by atoms with Gasteiger partial charge in [0.15, 0.2) is 0 Å². The molecule has 1 amide bonds. The molecular weight excluding hydrogens is 250 g/mol. The Labute approximate surface area is 120 Å². The molecule has 4 nitrogen and oxygen atoms in total. The van der Waals surface area contributed by atoms with Gasteiger partial charge in [0.05, 0.1) is 6.04 Å². The average Bonchev–Trinajstić information content (AvgIpc) is 2.51. The van der Waals surface area contributed by atoms with Crippen LogP contribution in [0.2, 0.25) is 0 Å². The molecule has 108 valence electrons. The molecule has 1 unspecified atom stereocenters. The molecule has 1 aromatic carbocycles. The van der Waals surface area contributed by atoms with E-state index >= 15 is 0 Å². The molecule has 2 heterocycles. The average molecular weight is 273 g/mol. The van der Waals surface area contributed by atoms with Crippen molar-refractivity contribution in [2.45, 2.75) is 38.1 Å². The van der Waals surface area contributed by atoms with Gasteiger partial charge in [0, 0.05) is 31.0 Å². The van der Waals surface area contributed by atoms with E-state index < -0.39 is 0 Å². The number of hydrogen-bond acceptors (Lipinski definition) is 3. The van der Waals surface area contributed by atoms with Crippen molar-refractivity contribution in [3.8, 4) is 0 Å². The van der Waals surface area contributed by atoms with E-state index in [0.29, 0.717) is 0 Å². The van der Waals surface area contributed by atoms with Gasteiger partial charge in [-0.2, -0.15) is 0 Å². The first-order valence-corrected chi connectivity index (χ1v) is 7.68. The molecule has 0 spiro atoms. The van der Waals surface area contributed by atoms with Crippen LogP contribution < -0.4 is 15.5 Å². The zero-order chi connectivity index (χ0) is 13.9. The molecule has 2 aliphatic heterocycles. The van der Waals surface area contributed by atoms with Crippen molar-refractivity contribution < 1.29 is 4.79 Å². The smallest absolute Gasteiger partial charge is 0.243 e. The Morgan fingerprint density at radius 1 is 0.900 bits per heavy atom. The first kappa shape index (κ1) is 13.4. The number of nitrogens with zero attached hydrogens (tertiary/aromatic N) is 2. The van der Waals surface area contributed by atoms with Crippen LogP contribution >= 0.6 is 0 Å². The van der Waals surface area contributed by atoms with E-state index in [-0.39, 0.29) is 11.9 Å². The molecular formula is C16H23N3O. The van der Waals surface area contributed by atoms with Crippen LogP contribution in [0.1, 0.15) is 32.1 Å². The van der Waals surface area contributed by atoms with Crippen molar-refractivity contribution in [2.24, 2.45) is 5.73 Å². The van der Waals surface area contributed by atoms with Crippen LogP contribution in [0, 0.1) is 0 Å². The highest BCUT2D eigenvalue weighted by molar-refractivity contribution is 5.97. The lowest BCUT2D eigenvalue weighted by Crippen LogP contribution is -2.48. The van der Waals surface area contributed by atoms with Crippen LogP contribution in [0.15, 0.2) is 24.3 Å². The van der Waals surface area contributed by atoms with E-state index in [2.05, 4.69) is 29.2 Å². The Bertz CT molecular complexity index is 465. The summed E-state index contributed by atoms with van der Waals surface area (Å²) in [7, 11) is 0. The summed E-state index contributed by atoms with van der Waals surface area (Å²) in [5.74, 6) is 0.0574. The third-order valence-electron chi connectivity index (χ3n) is 4.36. The second kappa shape index (κ2) is 5.83. The number of anilines is 2. The lowest BCUT2D eigenvalue weighted by molar-refractivity contribution is -0.120. The number of carbonyl (C=O) groups is 1. The van der Waals surface area contributed by atoms with E-state index in [0.717, 1.165) is 38.2 Å². The molecule has 0 radical (unpaired) electrons. The fourth-order valence-corrected chi connectivity index (χ4v) is 3.15. The van der Waals surface area contributed by atoms with Crippen LogP contribution in [0.3, 0.4) is 0 Å². The molecule has 2 aliphatic rings. The third-order valence-corrected chi connectivity index (χ3v) is 4.36. The minimum atomic E-state index is -0.328. The second-order valence-corrected chi connectivity index (χ2v) is 5.80. The van der Waals surface area contributed by atoms with E-state index in [1.54, 1.807) is 0 Å². The van der Waals surface area contributed by atoms with Crippen LogP contribution in [0.5, 0.6) is 0 Å². The van der Waals surface area contributed by atoms with Crippen LogP contribution in [-0.2, 0) is 4.79 Å². The second-order valence-electron chi connectivity index (χ2n) is 5.80. The van der Waals surface area contributed by atoms with Gasteiger partial charge in [0.1, 0.15) is 0 Å². The lowest BCUT2D eigenvalue weighted by atomic mass is 10.0. The molecule has 0 bridgehead atoms. The molecule has 0 aromatic heterocycles. The number of piperidine rings is 2. The maximum absolute atomic E-state index is 12.1. The number of amides is 1. The summed E-state index contributed by atoms with van der Waals surface area (Å²) >= 11 is 0. The van der Waals surface area contributed by atoms with Crippen molar-refractivity contribution in [2.75, 3.05) is 29.4 Å².